The van der Waals surface area contributed by atoms with Crippen LogP contribution in [0, 0.1) is 0 Å². The van der Waals surface area contributed by atoms with E-state index >= 15 is 0 Å². The predicted octanol–water partition coefficient (Wildman–Crippen LogP) is 0.461. The van der Waals surface area contributed by atoms with E-state index in [2.05, 4.69) is 9.97 Å². The molecule has 5 heteroatoms. The molecule has 1 heterocycles. The van der Waals surface area contributed by atoms with Crippen LogP contribution in [0.1, 0.15) is 24.5 Å². The third kappa shape index (κ3) is 5.43. The van der Waals surface area contributed by atoms with Crippen LogP contribution in [0.15, 0.2) is 12.4 Å². The van der Waals surface area contributed by atoms with Crippen LogP contribution in [0.2, 0.25) is 0 Å². The first-order valence-electron chi connectivity index (χ1n) is 3.52. The average molecular weight is 171 g/mol. The molecule has 0 saturated heterocycles. The van der Waals surface area contributed by atoms with Crippen LogP contribution in [-0.4, -0.2) is 27.1 Å². The summed E-state index contributed by atoms with van der Waals surface area (Å²) in [5, 5.41) is 8.18. The van der Waals surface area contributed by atoms with Crippen LogP contribution in [0.25, 0.3) is 0 Å². The molecule has 0 spiro atoms. The number of nitrogens with one attached hydrogen (secondary N) is 1. The highest BCUT2D eigenvalue weighted by atomic mass is 16.4. The number of carboxylic acid groups (broad SMARTS) is 1. The Morgan fingerprint density at radius 3 is 2.42 bits per heavy atom. The van der Waals surface area contributed by atoms with Crippen LogP contribution in [0.5, 0.6) is 0 Å². The van der Waals surface area contributed by atoms with Gasteiger partial charge in [0.15, 0.2) is 0 Å². The first-order chi connectivity index (χ1) is 5.54. The molecule has 4 N–H and O–H groups in total. The fraction of sp³-hybridized carbons (Fsp3) is 0.429. The third-order valence-electron chi connectivity index (χ3n) is 0.701. The van der Waals surface area contributed by atoms with Crippen molar-refractivity contribution in [1.82, 2.24) is 9.97 Å². The molecule has 0 atom stereocenters. The van der Waals surface area contributed by atoms with E-state index in [9.17, 15) is 4.79 Å². The lowest BCUT2D eigenvalue weighted by Crippen LogP contribution is -2.06. The number of nitrogens with zero attached hydrogens (tertiary/aromatic N) is 1. The zero-order valence-electron chi connectivity index (χ0n) is 7.11. The van der Waals surface area contributed by atoms with E-state index < -0.39 is 5.97 Å². The number of carboxylic acids is 1. The Morgan fingerprint density at radius 1 is 1.75 bits per heavy atom. The summed E-state index contributed by atoms with van der Waals surface area (Å²) >= 11 is 0. The molecular weight excluding hydrogens is 158 g/mol. The van der Waals surface area contributed by atoms with Gasteiger partial charge in [0.25, 0.3) is 0 Å². The summed E-state index contributed by atoms with van der Waals surface area (Å²) in [4.78, 5) is 15.9. The number of imidazole rings is 1. The largest absolute Gasteiger partial charge is 0.475 e. The van der Waals surface area contributed by atoms with Crippen molar-refractivity contribution >= 4 is 5.97 Å². The number of hydrogen-bond acceptors (Lipinski definition) is 3. The van der Waals surface area contributed by atoms with Crippen molar-refractivity contribution in [3.63, 3.8) is 0 Å². The van der Waals surface area contributed by atoms with Gasteiger partial charge in [-0.3, -0.25) is 0 Å². The Kier molecular flexibility index (Phi) is 4.71. The normalized spacial score (nSPS) is 9.00. The Balaban J connectivity index is 0.000000261. The number of carbonyl (C=O) groups is 1. The Labute approximate surface area is 70.6 Å². The molecule has 0 fully saturated rings. The first-order valence-corrected chi connectivity index (χ1v) is 3.52. The van der Waals surface area contributed by atoms with Crippen molar-refractivity contribution in [2.45, 2.75) is 19.9 Å². The molecule has 1 aromatic heterocycles. The van der Waals surface area contributed by atoms with Crippen molar-refractivity contribution < 1.29 is 9.90 Å². The molecule has 68 valence electrons. The van der Waals surface area contributed by atoms with Gasteiger partial charge in [-0.1, -0.05) is 13.8 Å². The summed E-state index contributed by atoms with van der Waals surface area (Å²) in [6, 6.07) is 0.333. The summed E-state index contributed by atoms with van der Waals surface area (Å²) in [5.74, 6) is -1.06. The molecule has 0 aromatic carbocycles. The molecule has 0 aliphatic carbocycles. The topological polar surface area (TPSA) is 92.0 Å². The molecule has 12 heavy (non-hydrogen) atoms. The van der Waals surface area contributed by atoms with Crippen LogP contribution in [0.3, 0.4) is 0 Å². The maximum Gasteiger partial charge on any atom is 0.371 e. The van der Waals surface area contributed by atoms with Gasteiger partial charge >= 0.3 is 5.97 Å². The van der Waals surface area contributed by atoms with E-state index in [1.165, 1.54) is 12.4 Å². The van der Waals surface area contributed by atoms with E-state index in [0.717, 1.165) is 0 Å². The van der Waals surface area contributed by atoms with Gasteiger partial charge in [-0.2, -0.15) is 0 Å². The van der Waals surface area contributed by atoms with Crippen molar-refractivity contribution in [2.75, 3.05) is 0 Å². The Morgan fingerprint density at radius 2 is 2.25 bits per heavy atom. The molecule has 0 amide bonds. The van der Waals surface area contributed by atoms with E-state index in [0.29, 0.717) is 6.04 Å². The number of rotatable bonds is 1. The lowest BCUT2D eigenvalue weighted by molar-refractivity contribution is 0.0685. The van der Waals surface area contributed by atoms with Crippen LogP contribution >= 0.6 is 0 Å². The van der Waals surface area contributed by atoms with Gasteiger partial charge in [0, 0.05) is 12.4 Å². The van der Waals surface area contributed by atoms with Gasteiger partial charge in [0.2, 0.25) is 5.82 Å². The first kappa shape index (κ1) is 10.6. The highest BCUT2D eigenvalue weighted by Crippen LogP contribution is 1.84. The third-order valence-corrected chi connectivity index (χ3v) is 0.701. The van der Waals surface area contributed by atoms with E-state index in [-0.39, 0.29) is 5.82 Å². The maximum atomic E-state index is 9.97. The number of hydrogen-bond donors (Lipinski definition) is 3. The number of nitrogens with two attached hydrogens (primary N) is 1. The van der Waals surface area contributed by atoms with E-state index in [1.54, 1.807) is 0 Å². The van der Waals surface area contributed by atoms with Crippen molar-refractivity contribution in [2.24, 2.45) is 5.73 Å². The van der Waals surface area contributed by atoms with Gasteiger partial charge < -0.3 is 15.8 Å². The molecule has 0 radical (unpaired) electrons. The minimum atomic E-state index is -1.03. The molecule has 1 rings (SSSR count). The monoisotopic (exact) mass is 171 g/mol. The minimum Gasteiger partial charge on any atom is -0.475 e. The molecule has 1 aromatic rings. The highest BCUT2D eigenvalue weighted by molar-refractivity contribution is 5.82. The van der Waals surface area contributed by atoms with Gasteiger partial charge in [-0.15, -0.1) is 0 Å². The van der Waals surface area contributed by atoms with Crippen molar-refractivity contribution in [1.29, 1.82) is 0 Å². The smallest absolute Gasteiger partial charge is 0.371 e. The number of aromatic nitrogens is 2. The second-order valence-electron chi connectivity index (χ2n) is 2.49. The fourth-order valence-corrected chi connectivity index (χ4v) is 0.382. The van der Waals surface area contributed by atoms with E-state index in [4.69, 9.17) is 10.8 Å². The second-order valence-corrected chi connectivity index (χ2v) is 2.49. The van der Waals surface area contributed by atoms with Crippen LogP contribution in [0.4, 0.5) is 0 Å². The number of aromatic amines is 1. The zero-order chi connectivity index (χ0) is 9.56. The van der Waals surface area contributed by atoms with Crippen LogP contribution < -0.4 is 5.73 Å². The highest BCUT2D eigenvalue weighted by Gasteiger charge is 2.00. The summed E-state index contributed by atoms with van der Waals surface area (Å²) in [6.45, 7) is 3.89. The SMILES string of the molecule is CC(C)N.O=C(O)c1ncc[nH]1. The van der Waals surface area contributed by atoms with Gasteiger partial charge in [-0.05, 0) is 6.04 Å². The van der Waals surface area contributed by atoms with Crippen molar-refractivity contribution in [3.8, 4) is 0 Å². The molecule has 0 aliphatic heterocycles. The maximum absolute atomic E-state index is 9.97. The number of H-pyrrole nitrogens is 1. The molecule has 0 unspecified atom stereocenters. The molecular formula is C7H13N3O2. The molecule has 0 aliphatic rings. The fourth-order valence-electron chi connectivity index (χ4n) is 0.382. The van der Waals surface area contributed by atoms with E-state index in [1.807, 2.05) is 13.8 Å². The van der Waals surface area contributed by atoms with Crippen molar-refractivity contribution in [3.05, 3.63) is 18.2 Å². The van der Waals surface area contributed by atoms with Crippen LogP contribution in [-0.2, 0) is 0 Å². The molecule has 0 bridgehead atoms. The van der Waals surface area contributed by atoms with Gasteiger partial charge in [0.1, 0.15) is 0 Å². The lowest BCUT2D eigenvalue weighted by atomic mass is 10.5. The average Bonchev–Trinajstić information content (AvgIpc) is 2.34. The molecule has 0 saturated carbocycles. The number of aromatic carboxylic acids is 1. The summed E-state index contributed by atoms with van der Waals surface area (Å²) in [6.07, 6.45) is 2.85. The standard InChI is InChI=1S/C4H4N2O2.C3H9N/c7-4(8)3-5-1-2-6-3;1-3(2)4/h1-2H,(H,5,6)(H,7,8);3H,4H2,1-2H3. The lowest BCUT2D eigenvalue weighted by Gasteiger charge is -1.81. The summed E-state index contributed by atoms with van der Waals surface area (Å²) < 4.78 is 0. The Hall–Kier alpha value is -1.36. The molecule has 5 nitrogen and oxygen atoms in total. The quantitative estimate of drug-likeness (QED) is 0.572. The second kappa shape index (κ2) is 5.31. The summed E-state index contributed by atoms with van der Waals surface area (Å²) in [5.41, 5.74) is 5.11. The Bertz CT molecular complexity index is 216. The van der Waals surface area contributed by atoms with Gasteiger partial charge in [0.05, 0.1) is 0 Å². The zero-order valence-corrected chi connectivity index (χ0v) is 7.11. The minimum absolute atomic E-state index is 0.0231. The summed E-state index contributed by atoms with van der Waals surface area (Å²) in [7, 11) is 0. The predicted molar refractivity (Wildman–Crippen MR) is 44.9 cm³/mol. The van der Waals surface area contributed by atoms with Gasteiger partial charge in [-0.25, -0.2) is 9.78 Å².